The highest BCUT2D eigenvalue weighted by Gasteiger charge is 2.34. The number of allylic oxidation sites excluding steroid dienone is 1. The Balaban J connectivity index is 1.81. The third kappa shape index (κ3) is 2.01. The smallest absolute Gasteiger partial charge is 0.200 e. The summed E-state index contributed by atoms with van der Waals surface area (Å²) >= 11 is 0. The summed E-state index contributed by atoms with van der Waals surface area (Å²) in [6, 6.07) is 9.40. The molecule has 0 fully saturated rings. The molecular weight excluding hydrogens is 330 g/mol. The number of nitrogens with zero attached hydrogens (tertiary/aromatic N) is 5. The van der Waals surface area contributed by atoms with Gasteiger partial charge in [-0.05, 0) is 28.0 Å². The molecule has 1 unspecified atom stereocenters. The molecule has 26 heavy (non-hydrogen) atoms. The van der Waals surface area contributed by atoms with Crippen LogP contribution < -0.4 is 5.32 Å². The monoisotopic (exact) mass is 341 g/mol. The van der Waals surface area contributed by atoms with Gasteiger partial charge in [-0.1, -0.05) is 18.2 Å². The van der Waals surface area contributed by atoms with Crippen LogP contribution in [0.3, 0.4) is 0 Å². The van der Waals surface area contributed by atoms with Crippen LogP contribution in [0, 0.1) is 6.57 Å². The van der Waals surface area contributed by atoms with Crippen molar-refractivity contribution in [2.75, 3.05) is 5.32 Å². The van der Waals surface area contributed by atoms with E-state index in [2.05, 4.69) is 35.7 Å². The van der Waals surface area contributed by atoms with Gasteiger partial charge in [-0.3, -0.25) is 10.1 Å². The molecule has 1 aliphatic heterocycles. The lowest BCUT2D eigenvalue weighted by atomic mass is 9.85. The molecule has 5 rings (SSSR count). The fourth-order valence-electron chi connectivity index (χ4n) is 3.32. The molecule has 0 radical (unpaired) electrons. The van der Waals surface area contributed by atoms with Gasteiger partial charge in [0, 0.05) is 23.5 Å². The van der Waals surface area contributed by atoms with Crippen LogP contribution in [0.1, 0.15) is 22.6 Å². The third-order valence-corrected chi connectivity index (χ3v) is 4.46. The van der Waals surface area contributed by atoms with Gasteiger partial charge >= 0.3 is 0 Å². The molecule has 8 heteroatoms. The second-order valence-electron chi connectivity index (χ2n) is 5.85. The van der Waals surface area contributed by atoms with Gasteiger partial charge in [0.25, 0.3) is 0 Å². The molecule has 3 aromatic heterocycles. The first-order valence-corrected chi connectivity index (χ1v) is 7.90. The van der Waals surface area contributed by atoms with E-state index in [-0.39, 0.29) is 5.92 Å². The zero-order chi connectivity index (χ0) is 17.5. The summed E-state index contributed by atoms with van der Waals surface area (Å²) in [6.45, 7) is 7.84. The minimum absolute atomic E-state index is 0.340. The van der Waals surface area contributed by atoms with Crippen LogP contribution in [0.2, 0.25) is 0 Å². The molecule has 1 atom stereocenters. The number of H-pyrrole nitrogens is 1. The molecule has 8 nitrogen and oxygen atoms in total. The van der Waals surface area contributed by atoms with Crippen molar-refractivity contribution in [3.63, 3.8) is 0 Å². The van der Waals surface area contributed by atoms with Crippen molar-refractivity contribution in [3.05, 3.63) is 82.7 Å². The van der Waals surface area contributed by atoms with Crippen molar-refractivity contribution in [1.29, 1.82) is 0 Å². The van der Waals surface area contributed by atoms with Crippen LogP contribution in [0.25, 0.3) is 21.6 Å². The first-order valence-electron chi connectivity index (χ1n) is 7.90. The van der Waals surface area contributed by atoms with E-state index in [4.69, 9.17) is 11.2 Å². The Bertz CT molecular complexity index is 1180. The number of hydrogen-bond donors (Lipinski definition) is 2. The van der Waals surface area contributed by atoms with Crippen molar-refractivity contribution in [3.8, 4) is 0 Å². The highest BCUT2D eigenvalue weighted by Crippen LogP contribution is 2.45. The van der Waals surface area contributed by atoms with Gasteiger partial charge in [0.1, 0.15) is 16.9 Å². The molecule has 0 amide bonds. The Morgan fingerprint density at radius 3 is 2.88 bits per heavy atom. The second-order valence-corrected chi connectivity index (χ2v) is 5.85. The number of rotatable bonds is 2. The first-order chi connectivity index (χ1) is 12.9. The number of pyridine rings is 1. The Morgan fingerprint density at radius 1 is 1.08 bits per heavy atom. The number of hydrogen-bond acceptors (Lipinski definition) is 6. The Labute approximate surface area is 147 Å². The minimum atomic E-state index is -0.340. The van der Waals surface area contributed by atoms with E-state index in [1.165, 1.54) is 0 Å². The van der Waals surface area contributed by atoms with Gasteiger partial charge in [0.15, 0.2) is 0 Å². The predicted octanol–water partition coefficient (Wildman–Crippen LogP) is 3.19. The zero-order valence-corrected chi connectivity index (χ0v) is 13.3. The Morgan fingerprint density at radius 2 is 2.04 bits per heavy atom. The van der Waals surface area contributed by atoms with Crippen LogP contribution in [0.15, 0.2) is 59.2 Å². The molecule has 4 aromatic rings. The molecular formula is C18H11N7O. The number of anilines is 1. The summed E-state index contributed by atoms with van der Waals surface area (Å²) in [6.07, 6.45) is 5.15. The number of aromatic amines is 1. The molecule has 4 heterocycles. The van der Waals surface area contributed by atoms with Crippen LogP contribution >= 0.6 is 0 Å². The molecule has 124 valence electrons. The Kier molecular flexibility index (Phi) is 3.05. The van der Waals surface area contributed by atoms with Crippen molar-refractivity contribution in [2.24, 2.45) is 0 Å². The summed E-state index contributed by atoms with van der Waals surface area (Å²) in [5, 5.41) is 18.4. The second kappa shape index (κ2) is 5.53. The molecule has 1 aromatic carbocycles. The van der Waals surface area contributed by atoms with Crippen LogP contribution in [0.4, 0.5) is 5.82 Å². The number of benzene rings is 1. The molecule has 0 saturated carbocycles. The quantitative estimate of drug-likeness (QED) is 0.544. The maximum atomic E-state index is 7.84. The molecule has 1 aliphatic rings. The van der Waals surface area contributed by atoms with Crippen molar-refractivity contribution in [2.45, 2.75) is 5.92 Å². The minimum Gasteiger partial charge on any atom is -0.349 e. The van der Waals surface area contributed by atoms with Crippen molar-refractivity contribution >= 4 is 22.5 Å². The van der Waals surface area contributed by atoms with Gasteiger partial charge in [0.05, 0.1) is 24.4 Å². The maximum absolute atomic E-state index is 7.84. The van der Waals surface area contributed by atoms with E-state index in [9.17, 15) is 0 Å². The van der Waals surface area contributed by atoms with Crippen LogP contribution in [0.5, 0.6) is 0 Å². The van der Waals surface area contributed by atoms with E-state index in [0.717, 1.165) is 22.5 Å². The average Bonchev–Trinajstić information content (AvgIpc) is 3.36. The zero-order valence-electron chi connectivity index (χ0n) is 13.3. The summed E-state index contributed by atoms with van der Waals surface area (Å²) in [4.78, 5) is 8.02. The third-order valence-electron chi connectivity index (χ3n) is 4.46. The van der Waals surface area contributed by atoms with Crippen LogP contribution in [-0.2, 0) is 0 Å². The Hall–Kier alpha value is -3.99. The number of nitrogens with one attached hydrogen (secondary N) is 2. The van der Waals surface area contributed by atoms with Crippen LogP contribution in [-0.4, -0.2) is 25.5 Å². The number of fused-ring (bicyclic) bond motifs is 2. The van der Waals surface area contributed by atoms with Gasteiger partial charge in [-0.2, -0.15) is 5.10 Å². The van der Waals surface area contributed by atoms with E-state index in [1.54, 1.807) is 18.6 Å². The van der Waals surface area contributed by atoms with Gasteiger partial charge in [-0.25, -0.2) is 9.47 Å². The topological polar surface area (TPSA) is 96.9 Å². The summed E-state index contributed by atoms with van der Waals surface area (Å²) < 4.78 is 4.90. The molecule has 2 N–H and O–H groups in total. The average molecular weight is 341 g/mol. The van der Waals surface area contributed by atoms with Crippen molar-refractivity contribution in [1.82, 2.24) is 25.5 Å². The standard InChI is InChI=1S/C18H11N7O/c1-19-17-14(11-5-2-6-13-16(11)25-26-24-13)12-9-21-23-18(12)22-15(17)10-4-3-7-20-8-10/h2-9,14H,(H2,21,22,23). The SMILES string of the molecule is [C-]#[N+]C1=C(c2cccnc2)Nc2[nH]ncc2C1c1cccc2nonc12. The highest BCUT2D eigenvalue weighted by atomic mass is 16.6. The van der Waals surface area contributed by atoms with Gasteiger partial charge < -0.3 is 5.32 Å². The van der Waals surface area contributed by atoms with E-state index in [1.807, 2.05) is 30.3 Å². The lowest BCUT2D eigenvalue weighted by Gasteiger charge is -2.26. The predicted molar refractivity (Wildman–Crippen MR) is 93.6 cm³/mol. The molecule has 0 spiro atoms. The number of aromatic nitrogens is 5. The lowest BCUT2D eigenvalue weighted by molar-refractivity contribution is 0.315. The fourth-order valence-corrected chi connectivity index (χ4v) is 3.32. The van der Waals surface area contributed by atoms with E-state index in [0.29, 0.717) is 22.4 Å². The fraction of sp³-hybridized carbons (Fsp3) is 0.0556. The van der Waals surface area contributed by atoms with Gasteiger partial charge in [0.2, 0.25) is 5.70 Å². The largest absolute Gasteiger partial charge is 0.349 e. The molecule has 0 bridgehead atoms. The summed E-state index contributed by atoms with van der Waals surface area (Å²) in [5.74, 6) is 0.406. The first kappa shape index (κ1) is 14.4. The normalized spacial score (nSPS) is 16.2. The van der Waals surface area contributed by atoms with Crippen molar-refractivity contribution < 1.29 is 4.63 Å². The van der Waals surface area contributed by atoms with Gasteiger partial charge in [-0.15, -0.1) is 0 Å². The molecule has 0 saturated heterocycles. The maximum Gasteiger partial charge on any atom is 0.200 e. The summed E-state index contributed by atoms with van der Waals surface area (Å²) in [7, 11) is 0. The summed E-state index contributed by atoms with van der Waals surface area (Å²) in [5.41, 5.74) is 5.08. The highest BCUT2D eigenvalue weighted by molar-refractivity contribution is 5.88. The van der Waals surface area contributed by atoms with E-state index < -0.39 is 0 Å². The molecule has 0 aliphatic carbocycles. The van der Waals surface area contributed by atoms with E-state index >= 15 is 0 Å². The lowest BCUT2D eigenvalue weighted by Crippen LogP contribution is -2.16.